The minimum atomic E-state index is 0.548. The summed E-state index contributed by atoms with van der Waals surface area (Å²) in [5.41, 5.74) is 4.03. The third-order valence-electron chi connectivity index (χ3n) is 2.90. The molecule has 1 aromatic heterocycles. The lowest BCUT2D eigenvalue weighted by Crippen LogP contribution is -2.27. The smallest absolute Gasteiger partial charge is 0.00790 e. The van der Waals surface area contributed by atoms with Gasteiger partial charge in [-0.05, 0) is 53.4 Å². The topological polar surface area (TPSA) is 12.0 Å². The monoisotopic (exact) mass is 245 g/mol. The first-order valence-electron chi connectivity index (χ1n) is 6.14. The zero-order valence-corrected chi connectivity index (χ0v) is 11.3. The van der Waals surface area contributed by atoms with Crippen molar-refractivity contribution in [2.45, 2.75) is 26.3 Å². The van der Waals surface area contributed by atoms with Gasteiger partial charge in [0, 0.05) is 6.04 Å². The summed E-state index contributed by atoms with van der Waals surface area (Å²) < 4.78 is 0. The molecule has 2 rings (SSSR count). The van der Waals surface area contributed by atoms with Crippen molar-refractivity contribution >= 4 is 11.3 Å². The highest BCUT2D eigenvalue weighted by molar-refractivity contribution is 7.08. The van der Waals surface area contributed by atoms with Gasteiger partial charge in [-0.2, -0.15) is 11.3 Å². The van der Waals surface area contributed by atoms with E-state index in [1.54, 1.807) is 11.3 Å². The van der Waals surface area contributed by atoms with Crippen molar-refractivity contribution in [2.75, 3.05) is 6.54 Å². The maximum atomic E-state index is 3.44. The third-order valence-corrected chi connectivity index (χ3v) is 3.59. The molecule has 0 saturated carbocycles. The summed E-state index contributed by atoms with van der Waals surface area (Å²) in [6.07, 6.45) is 1.09. The van der Waals surface area contributed by atoms with Gasteiger partial charge in [-0.25, -0.2) is 0 Å². The first kappa shape index (κ1) is 12.3. The van der Waals surface area contributed by atoms with E-state index in [0.29, 0.717) is 6.04 Å². The standard InChI is InChI=1S/C15H19NS/c1-3-16-12(2)10-13-4-6-14(7-5-13)15-8-9-17-11-15/h4-9,11-12,16H,3,10H2,1-2H3. The molecule has 2 aromatic rings. The van der Waals surface area contributed by atoms with Crippen LogP contribution in [-0.2, 0) is 6.42 Å². The van der Waals surface area contributed by atoms with Crippen molar-refractivity contribution < 1.29 is 0 Å². The van der Waals surface area contributed by atoms with Crippen LogP contribution in [0.4, 0.5) is 0 Å². The summed E-state index contributed by atoms with van der Waals surface area (Å²) in [5.74, 6) is 0. The SMILES string of the molecule is CCNC(C)Cc1ccc(-c2ccsc2)cc1. The van der Waals surface area contributed by atoms with Gasteiger partial charge in [0.2, 0.25) is 0 Å². The average molecular weight is 245 g/mol. The maximum Gasteiger partial charge on any atom is 0.00790 e. The molecule has 0 aliphatic heterocycles. The van der Waals surface area contributed by atoms with Crippen LogP contribution in [0.2, 0.25) is 0 Å². The minimum absolute atomic E-state index is 0.548. The molecule has 0 aliphatic carbocycles. The molecule has 0 aliphatic rings. The fourth-order valence-corrected chi connectivity index (χ4v) is 2.70. The molecule has 1 N–H and O–H groups in total. The molecule has 0 radical (unpaired) electrons. The predicted molar refractivity (Wildman–Crippen MR) is 76.6 cm³/mol. The van der Waals surface area contributed by atoms with Crippen LogP contribution in [0.1, 0.15) is 19.4 Å². The summed E-state index contributed by atoms with van der Waals surface area (Å²) in [6.45, 7) is 5.42. The number of hydrogen-bond acceptors (Lipinski definition) is 2. The maximum absolute atomic E-state index is 3.44. The van der Waals surface area contributed by atoms with E-state index in [1.165, 1.54) is 16.7 Å². The van der Waals surface area contributed by atoms with Crippen molar-refractivity contribution in [2.24, 2.45) is 0 Å². The molecule has 0 bridgehead atoms. The zero-order valence-electron chi connectivity index (χ0n) is 10.4. The molecule has 0 amide bonds. The fraction of sp³-hybridized carbons (Fsp3) is 0.333. The van der Waals surface area contributed by atoms with Gasteiger partial charge in [0.15, 0.2) is 0 Å². The van der Waals surface area contributed by atoms with Gasteiger partial charge >= 0.3 is 0 Å². The number of thiophene rings is 1. The number of rotatable bonds is 5. The summed E-state index contributed by atoms with van der Waals surface area (Å²) in [5, 5.41) is 7.75. The first-order chi connectivity index (χ1) is 8.29. The summed E-state index contributed by atoms with van der Waals surface area (Å²) in [7, 11) is 0. The molecular formula is C15H19NS. The largest absolute Gasteiger partial charge is 0.314 e. The van der Waals surface area contributed by atoms with E-state index in [0.717, 1.165) is 13.0 Å². The Kier molecular flexibility index (Phi) is 4.35. The molecule has 0 fully saturated rings. The van der Waals surface area contributed by atoms with Gasteiger partial charge in [0.05, 0.1) is 0 Å². The number of hydrogen-bond donors (Lipinski definition) is 1. The van der Waals surface area contributed by atoms with Crippen molar-refractivity contribution in [1.82, 2.24) is 5.32 Å². The quantitative estimate of drug-likeness (QED) is 0.841. The molecule has 1 nitrogen and oxygen atoms in total. The number of nitrogens with one attached hydrogen (secondary N) is 1. The Morgan fingerprint density at radius 2 is 1.88 bits per heavy atom. The Morgan fingerprint density at radius 1 is 1.12 bits per heavy atom. The van der Waals surface area contributed by atoms with Crippen molar-refractivity contribution in [3.8, 4) is 11.1 Å². The molecular weight excluding hydrogens is 226 g/mol. The van der Waals surface area contributed by atoms with Crippen molar-refractivity contribution in [3.63, 3.8) is 0 Å². The Labute approximate surface area is 108 Å². The summed E-state index contributed by atoms with van der Waals surface area (Å²) in [6, 6.07) is 11.6. The second-order valence-electron chi connectivity index (χ2n) is 4.37. The highest BCUT2D eigenvalue weighted by Crippen LogP contribution is 2.22. The number of benzene rings is 1. The lowest BCUT2D eigenvalue weighted by Gasteiger charge is -2.12. The average Bonchev–Trinajstić information content (AvgIpc) is 2.84. The predicted octanol–water partition coefficient (Wildman–Crippen LogP) is 3.96. The highest BCUT2D eigenvalue weighted by atomic mass is 32.1. The number of likely N-dealkylation sites (N-methyl/N-ethyl adjacent to an activating group) is 1. The summed E-state index contributed by atoms with van der Waals surface area (Å²) in [4.78, 5) is 0. The van der Waals surface area contributed by atoms with Gasteiger partial charge in [0.25, 0.3) is 0 Å². The Bertz CT molecular complexity index is 430. The molecule has 90 valence electrons. The van der Waals surface area contributed by atoms with E-state index in [2.05, 4.69) is 60.3 Å². The molecule has 2 heteroatoms. The second-order valence-corrected chi connectivity index (χ2v) is 5.15. The van der Waals surface area contributed by atoms with Crippen LogP contribution in [0.25, 0.3) is 11.1 Å². The van der Waals surface area contributed by atoms with Gasteiger partial charge < -0.3 is 5.32 Å². The van der Waals surface area contributed by atoms with Gasteiger partial charge in [0.1, 0.15) is 0 Å². The normalized spacial score (nSPS) is 12.6. The molecule has 0 spiro atoms. The van der Waals surface area contributed by atoms with Gasteiger partial charge in [-0.15, -0.1) is 0 Å². The van der Waals surface area contributed by atoms with Crippen LogP contribution in [0.5, 0.6) is 0 Å². The van der Waals surface area contributed by atoms with Crippen molar-refractivity contribution in [3.05, 3.63) is 46.7 Å². The van der Waals surface area contributed by atoms with E-state index in [1.807, 2.05) is 0 Å². The molecule has 1 atom stereocenters. The van der Waals surface area contributed by atoms with E-state index in [-0.39, 0.29) is 0 Å². The first-order valence-corrected chi connectivity index (χ1v) is 7.08. The zero-order chi connectivity index (χ0) is 12.1. The van der Waals surface area contributed by atoms with Crippen LogP contribution in [0.3, 0.4) is 0 Å². The second kappa shape index (κ2) is 5.99. The van der Waals surface area contributed by atoms with E-state index < -0.39 is 0 Å². The van der Waals surface area contributed by atoms with E-state index >= 15 is 0 Å². The Balaban J connectivity index is 2.03. The van der Waals surface area contributed by atoms with Gasteiger partial charge in [-0.3, -0.25) is 0 Å². The Morgan fingerprint density at radius 3 is 2.47 bits per heavy atom. The van der Waals surface area contributed by atoms with E-state index in [9.17, 15) is 0 Å². The van der Waals surface area contributed by atoms with Crippen LogP contribution in [0.15, 0.2) is 41.1 Å². The molecule has 0 saturated heterocycles. The van der Waals surface area contributed by atoms with Crippen molar-refractivity contribution in [1.29, 1.82) is 0 Å². The molecule has 1 unspecified atom stereocenters. The molecule has 1 heterocycles. The molecule has 1 aromatic carbocycles. The van der Waals surface area contributed by atoms with E-state index in [4.69, 9.17) is 0 Å². The minimum Gasteiger partial charge on any atom is -0.314 e. The molecule has 17 heavy (non-hydrogen) atoms. The lowest BCUT2D eigenvalue weighted by atomic mass is 10.0. The Hall–Kier alpha value is -1.12. The van der Waals surface area contributed by atoms with Gasteiger partial charge in [-0.1, -0.05) is 31.2 Å². The van der Waals surface area contributed by atoms with Crippen LogP contribution < -0.4 is 5.32 Å². The fourth-order valence-electron chi connectivity index (χ4n) is 2.04. The van der Waals surface area contributed by atoms with Crippen LogP contribution in [-0.4, -0.2) is 12.6 Å². The lowest BCUT2D eigenvalue weighted by molar-refractivity contribution is 0.565. The van der Waals surface area contributed by atoms with Crippen LogP contribution in [0, 0.1) is 0 Å². The highest BCUT2D eigenvalue weighted by Gasteiger charge is 2.02. The third kappa shape index (κ3) is 3.42. The summed E-state index contributed by atoms with van der Waals surface area (Å²) >= 11 is 1.75. The van der Waals surface area contributed by atoms with Crippen LogP contribution >= 0.6 is 11.3 Å².